The summed E-state index contributed by atoms with van der Waals surface area (Å²) in [6.07, 6.45) is 0. The van der Waals surface area contributed by atoms with E-state index in [1.807, 2.05) is 0 Å². The van der Waals surface area contributed by atoms with Crippen molar-refractivity contribution in [2.45, 2.75) is 0 Å². The quantitative estimate of drug-likeness (QED) is 0.870. The number of nitrogen functional groups attached to an aromatic ring is 1. The summed E-state index contributed by atoms with van der Waals surface area (Å²) in [5.74, 6) is 0.878. The fourth-order valence-corrected chi connectivity index (χ4v) is 1.81. The van der Waals surface area contributed by atoms with Crippen molar-refractivity contribution in [3.05, 3.63) is 41.2 Å². The molecule has 6 heteroatoms. The van der Waals surface area contributed by atoms with Gasteiger partial charge in [0, 0.05) is 12.1 Å². The summed E-state index contributed by atoms with van der Waals surface area (Å²) in [7, 11) is 3.01. The van der Waals surface area contributed by atoms with E-state index in [2.05, 4.69) is 0 Å². The first kappa shape index (κ1) is 14.3. The number of hydrogen-bond donors (Lipinski definition) is 1. The van der Waals surface area contributed by atoms with Gasteiger partial charge in [-0.2, -0.15) is 0 Å². The maximum Gasteiger partial charge on any atom is 0.211 e. The van der Waals surface area contributed by atoms with Gasteiger partial charge in [0.1, 0.15) is 5.82 Å². The number of benzene rings is 2. The van der Waals surface area contributed by atoms with Gasteiger partial charge in [0.05, 0.1) is 24.9 Å². The number of halogens is 2. The van der Waals surface area contributed by atoms with Crippen molar-refractivity contribution in [1.82, 2.24) is 0 Å². The molecule has 0 aromatic heterocycles. The Morgan fingerprint density at radius 1 is 1.05 bits per heavy atom. The standard InChI is InChI=1S/C14H13ClFNO3/c1-18-11-4-3-5-12(19-2)14(11)20-13-6-8(15)9(16)7-10(13)17/h3-7H,17H2,1-2H3. The minimum Gasteiger partial charge on any atom is -0.493 e. The molecular weight excluding hydrogens is 285 g/mol. The molecule has 2 rings (SSSR count). The molecule has 0 atom stereocenters. The number of hydrogen-bond acceptors (Lipinski definition) is 4. The maximum atomic E-state index is 13.3. The summed E-state index contributed by atoms with van der Waals surface area (Å²) in [4.78, 5) is 0. The van der Waals surface area contributed by atoms with Gasteiger partial charge in [0.25, 0.3) is 0 Å². The second-order valence-corrected chi connectivity index (χ2v) is 4.31. The molecular formula is C14H13ClFNO3. The van der Waals surface area contributed by atoms with Crippen LogP contribution >= 0.6 is 11.6 Å². The fraction of sp³-hybridized carbons (Fsp3) is 0.143. The fourth-order valence-electron chi connectivity index (χ4n) is 1.66. The Kier molecular flexibility index (Phi) is 4.20. The summed E-state index contributed by atoms with van der Waals surface area (Å²) < 4.78 is 29.3. The zero-order valence-corrected chi connectivity index (χ0v) is 11.7. The highest BCUT2D eigenvalue weighted by Crippen LogP contribution is 2.42. The number of anilines is 1. The van der Waals surface area contributed by atoms with Gasteiger partial charge in [-0.25, -0.2) is 4.39 Å². The van der Waals surface area contributed by atoms with E-state index in [1.165, 1.54) is 20.3 Å². The van der Waals surface area contributed by atoms with Crippen LogP contribution in [-0.2, 0) is 0 Å². The average Bonchev–Trinajstić information content (AvgIpc) is 2.44. The topological polar surface area (TPSA) is 53.7 Å². The van der Waals surface area contributed by atoms with E-state index >= 15 is 0 Å². The highest BCUT2D eigenvalue weighted by molar-refractivity contribution is 6.31. The summed E-state index contributed by atoms with van der Waals surface area (Å²) in [6, 6.07) is 7.57. The predicted octanol–water partition coefficient (Wildman–Crippen LogP) is 3.87. The van der Waals surface area contributed by atoms with E-state index in [-0.39, 0.29) is 16.5 Å². The summed E-state index contributed by atoms with van der Waals surface area (Å²) in [5, 5.41) is -0.0805. The van der Waals surface area contributed by atoms with E-state index in [9.17, 15) is 4.39 Å². The molecule has 0 unspecified atom stereocenters. The normalized spacial score (nSPS) is 10.2. The number of nitrogens with two attached hydrogens (primary N) is 1. The van der Waals surface area contributed by atoms with Crippen LogP contribution in [-0.4, -0.2) is 14.2 Å². The molecule has 0 amide bonds. The minimum atomic E-state index is -0.608. The van der Waals surface area contributed by atoms with E-state index < -0.39 is 5.82 Å². The summed E-state index contributed by atoms with van der Waals surface area (Å²) in [5.41, 5.74) is 5.84. The van der Waals surface area contributed by atoms with Crippen LogP contribution in [0.5, 0.6) is 23.0 Å². The average molecular weight is 298 g/mol. The molecule has 20 heavy (non-hydrogen) atoms. The lowest BCUT2D eigenvalue weighted by Crippen LogP contribution is -1.97. The van der Waals surface area contributed by atoms with Crippen molar-refractivity contribution < 1.29 is 18.6 Å². The molecule has 0 bridgehead atoms. The molecule has 0 spiro atoms. The first-order chi connectivity index (χ1) is 9.56. The van der Waals surface area contributed by atoms with Gasteiger partial charge in [0.2, 0.25) is 5.75 Å². The lowest BCUT2D eigenvalue weighted by Gasteiger charge is -2.15. The van der Waals surface area contributed by atoms with Crippen molar-refractivity contribution in [2.75, 3.05) is 20.0 Å². The third-order valence-electron chi connectivity index (χ3n) is 2.65. The lowest BCUT2D eigenvalue weighted by atomic mass is 10.2. The van der Waals surface area contributed by atoms with Crippen molar-refractivity contribution in [1.29, 1.82) is 0 Å². The van der Waals surface area contributed by atoms with E-state index in [1.54, 1.807) is 18.2 Å². The van der Waals surface area contributed by atoms with E-state index in [0.29, 0.717) is 17.2 Å². The molecule has 0 aliphatic rings. The summed E-state index contributed by atoms with van der Waals surface area (Å²) >= 11 is 5.73. The second-order valence-electron chi connectivity index (χ2n) is 3.90. The molecule has 0 saturated carbocycles. The largest absolute Gasteiger partial charge is 0.493 e. The number of ether oxygens (including phenoxy) is 3. The molecule has 0 radical (unpaired) electrons. The maximum absolute atomic E-state index is 13.3. The second kappa shape index (κ2) is 5.88. The van der Waals surface area contributed by atoms with Crippen LogP contribution in [0, 0.1) is 5.82 Å². The zero-order chi connectivity index (χ0) is 14.7. The highest BCUT2D eigenvalue weighted by Gasteiger charge is 2.15. The van der Waals surface area contributed by atoms with Crippen molar-refractivity contribution >= 4 is 17.3 Å². The first-order valence-corrected chi connectivity index (χ1v) is 6.08. The van der Waals surface area contributed by atoms with Gasteiger partial charge < -0.3 is 19.9 Å². The van der Waals surface area contributed by atoms with Gasteiger partial charge in [-0.15, -0.1) is 0 Å². The first-order valence-electron chi connectivity index (χ1n) is 5.70. The smallest absolute Gasteiger partial charge is 0.211 e. The van der Waals surface area contributed by atoms with E-state index in [4.69, 9.17) is 31.5 Å². The molecule has 0 aliphatic carbocycles. The minimum absolute atomic E-state index is 0.0805. The number of para-hydroxylation sites is 1. The van der Waals surface area contributed by atoms with Crippen LogP contribution in [0.2, 0.25) is 5.02 Å². The van der Waals surface area contributed by atoms with Gasteiger partial charge in [-0.3, -0.25) is 0 Å². The van der Waals surface area contributed by atoms with Crippen LogP contribution in [0.1, 0.15) is 0 Å². The SMILES string of the molecule is COc1cccc(OC)c1Oc1cc(Cl)c(F)cc1N. The highest BCUT2D eigenvalue weighted by atomic mass is 35.5. The molecule has 106 valence electrons. The lowest BCUT2D eigenvalue weighted by molar-refractivity contribution is 0.347. The molecule has 2 N–H and O–H groups in total. The Morgan fingerprint density at radius 2 is 1.65 bits per heavy atom. The van der Waals surface area contributed by atoms with Crippen LogP contribution < -0.4 is 19.9 Å². The Labute approximate surface area is 120 Å². The van der Waals surface area contributed by atoms with Crippen molar-refractivity contribution in [3.63, 3.8) is 0 Å². The van der Waals surface area contributed by atoms with Crippen LogP contribution in [0.4, 0.5) is 10.1 Å². The predicted molar refractivity (Wildman–Crippen MR) is 75.4 cm³/mol. The van der Waals surface area contributed by atoms with Gasteiger partial charge in [-0.1, -0.05) is 17.7 Å². The molecule has 0 aliphatic heterocycles. The summed E-state index contributed by atoms with van der Waals surface area (Å²) in [6.45, 7) is 0. The molecule has 4 nitrogen and oxygen atoms in total. The molecule has 2 aromatic rings. The molecule has 0 fully saturated rings. The Bertz CT molecular complexity index is 612. The molecule has 0 heterocycles. The Hall–Kier alpha value is -2.14. The number of rotatable bonds is 4. The Morgan fingerprint density at radius 3 is 2.20 bits per heavy atom. The van der Waals surface area contributed by atoms with E-state index in [0.717, 1.165) is 6.07 Å². The van der Waals surface area contributed by atoms with Gasteiger partial charge in [0.15, 0.2) is 17.2 Å². The zero-order valence-electron chi connectivity index (χ0n) is 10.9. The van der Waals surface area contributed by atoms with Crippen molar-refractivity contribution in [2.24, 2.45) is 0 Å². The van der Waals surface area contributed by atoms with Gasteiger partial charge >= 0.3 is 0 Å². The number of methoxy groups -OCH3 is 2. The van der Waals surface area contributed by atoms with Crippen LogP contribution in [0.3, 0.4) is 0 Å². The van der Waals surface area contributed by atoms with Crippen LogP contribution in [0.15, 0.2) is 30.3 Å². The monoisotopic (exact) mass is 297 g/mol. The van der Waals surface area contributed by atoms with Crippen molar-refractivity contribution in [3.8, 4) is 23.0 Å². The third-order valence-corrected chi connectivity index (χ3v) is 2.94. The van der Waals surface area contributed by atoms with Crippen LogP contribution in [0.25, 0.3) is 0 Å². The molecule has 2 aromatic carbocycles. The van der Waals surface area contributed by atoms with Gasteiger partial charge in [-0.05, 0) is 12.1 Å². The Balaban J connectivity index is 2.47. The third kappa shape index (κ3) is 2.72. The molecule has 0 saturated heterocycles.